The largest absolute Gasteiger partial charge is 0.497 e. The second kappa shape index (κ2) is 7.07. The second-order valence-electron chi connectivity index (χ2n) is 5.68. The van der Waals surface area contributed by atoms with E-state index in [9.17, 15) is 0 Å². The maximum Gasteiger partial charge on any atom is 0.118 e. The number of hydrogen-bond donors (Lipinski definition) is 1. The number of likely N-dealkylation sites (tertiary alicyclic amines) is 1. The van der Waals surface area contributed by atoms with Crippen molar-refractivity contribution in [1.29, 1.82) is 0 Å². The van der Waals surface area contributed by atoms with Gasteiger partial charge in [-0.05, 0) is 36.6 Å². The molecule has 0 spiro atoms. The molecule has 1 aliphatic heterocycles. The molecule has 3 atom stereocenters. The second-order valence-corrected chi connectivity index (χ2v) is 5.68. The molecule has 2 rings (SSSR count). The van der Waals surface area contributed by atoms with Crippen molar-refractivity contribution in [3.63, 3.8) is 0 Å². The van der Waals surface area contributed by atoms with Crippen LogP contribution in [0.4, 0.5) is 0 Å². The van der Waals surface area contributed by atoms with Gasteiger partial charge in [-0.3, -0.25) is 4.90 Å². The third-order valence-corrected chi connectivity index (χ3v) is 4.28. The van der Waals surface area contributed by atoms with Crippen LogP contribution >= 0.6 is 0 Å². The van der Waals surface area contributed by atoms with E-state index in [4.69, 9.17) is 15.2 Å². The molecule has 1 aromatic rings. The summed E-state index contributed by atoms with van der Waals surface area (Å²) >= 11 is 0. The number of nitrogens with zero attached hydrogens (tertiary/aromatic N) is 1. The summed E-state index contributed by atoms with van der Waals surface area (Å²) in [5, 5.41) is 0. The molecule has 112 valence electrons. The van der Waals surface area contributed by atoms with Crippen molar-refractivity contribution in [2.45, 2.75) is 25.5 Å². The van der Waals surface area contributed by atoms with E-state index in [1.807, 2.05) is 24.3 Å². The van der Waals surface area contributed by atoms with Crippen LogP contribution in [0.3, 0.4) is 0 Å². The first-order valence-electron chi connectivity index (χ1n) is 7.28. The van der Waals surface area contributed by atoms with Gasteiger partial charge < -0.3 is 15.2 Å². The first-order chi connectivity index (χ1) is 9.63. The molecule has 0 aromatic heterocycles. The smallest absolute Gasteiger partial charge is 0.118 e. The molecule has 4 nitrogen and oxygen atoms in total. The average molecular weight is 278 g/mol. The summed E-state index contributed by atoms with van der Waals surface area (Å²) in [4.78, 5) is 2.41. The number of rotatable bonds is 5. The topological polar surface area (TPSA) is 47.7 Å². The Labute approximate surface area is 121 Å². The number of nitrogens with two attached hydrogens (primary N) is 1. The van der Waals surface area contributed by atoms with Crippen LogP contribution in [-0.4, -0.2) is 44.9 Å². The van der Waals surface area contributed by atoms with Crippen molar-refractivity contribution >= 4 is 0 Å². The molecule has 0 radical (unpaired) electrons. The third-order valence-electron chi connectivity index (χ3n) is 4.28. The standard InChI is InChI=1S/C16H26N2O2/c1-12-8-9-18(11-16(12)20-3)10-15(17)13-4-6-14(19-2)7-5-13/h4-7,12,15-16H,8-11,17H2,1-3H3. The summed E-state index contributed by atoms with van der Waals surface area (Å²) in [5.74, 6) is 1.50. The third kappa shape index (κ3) is 3.72. The zero-order chi connectivity index (χ0) is 14.5. The molecule has 0 saturated carbocycles. The van der Waals surface area contributed by atoms with Gasteiger partial charge in [0.15, 0.2) is 0 Å². The van der Waals surface area contributed by atoms with E-state index in [2.05, 4.69) is 11.8 Å². The van der Waals surface area contributed by atoms with Crippen LogP contribution in [0.25, 0.3) is 0 Å². The van der Waals surface area contributed by atoms with Gasteiger partial charge in [0.2, 0.25) is 0 Å². The molecule has 1 heterocycles. The van der Waals surface area contributed by atoms with Gasteiger partial charge in [0.25, 0.3) is 0 Å². The van der Waals surface area contributed by atoms with Gasteiger partial charge in [-0.15, -0.1) is 0 Å². The Hall–Kier alpha value is -1.10. The first kappa shape index (κ1) is 15.3. The van der Waals surface area contributed by atoms with Crippen molar-refractivity contribution in [3.8, 4) is 5.75 Å². The monoisotopic (exact) mass is 278 g/mol. The predicted octanol–water partition coefficient (Wildman–Crippen LogP) is 2.05. The molecular weight excluding hydrogens is 252 g/mol. The van der Waals surface area contributed by atoms with Crippen LogP contribution in [0.2, 0.25) is 0 Å². The lowest BCUT2D eigenvalue weighted by atomic mass is 9.95. The molecule has 20 heavy (non-hydrogen) atoms. The normalized spacial score (nSPS) is 25.4. The van der Waals surface area contributed by atoms with Crippen molar-refractivity contribution < 1.29 is 9.47 Å². The lowest BCUT2D eigenvalue weighted by Gasteiger charge is -2.37. The van der Waals surface area contributed by atoms with Gasteiger partial charge in [0.05, 0.1) is 13.2 Å². The van der Waals surface area contributed by atoms with Crippen molar-refractivity contribution in [2.24, 2.45) is 11.7 Å². The van der Waals surface area contributed by atoms with Crippen LogP contribution in [-0.2, 0) is 4.74 Å². The summed E-state index contributed by atoms with van der Waals surface area (Å²) in [7, 11) is 3.47. The van der Waals surface area contributed by atoms with E-state index < -0.39 is 0 Å². The van der Waals surface area contributed by atoms with Gasteiger partial charge in [-0.25, -0.2) is 0 Å². The highest BCUT2D eigenvalue weighted by molar-refractivity contribution is 5.29. The first-order valence-corrected chi connectivity index (χ1v) is 7.28. The fraction of sp³-hybridized carbons (Fsp3) is 0.625. The lowest BCUT2D eigenvalue weighted by molar-refractivity contribution is -0.00643. The van der Waals surface area contributed by atoms with Crippen LogP contribution in [0, 0.1) is 5.92 Å². The van der Waals surface area contributed by atoms with Crippen LogP contribution in [0.1, 0.15) is 24.9 Å². The van der Waals surface area contributed by atoms with Crippen molar-refractivity contribution in [2.75, 3.05) is 33.9 Å². The van der Waals surface area contributed by atoms with E-state index in [1.165, 1.54) is 6.42 Å². The Morgan fingerprint density at radius 2 is 2.00 bits per heavy atom. The molecule has 1 aliphatic rings. The van der Waals surface area contributed by atoms with E-state index in [0.29, 0.717) is 12.0 Å². The predicted molar refractivity (Wildman–Crippen MR) is 80.9 cm³/mol. The molecule has 0 amide bonds. The van der Waals surface area contributed by atoms with Crippen LogP contribution in [0.5, 0.6) is 5.75 Å². The highest BCUT2D eigenvalue weighted by atomic mass is 16.5. The number of piperidine rings is 1. The fourth-order valence-electron chi connectivity index (χ4n) is 2.81. The summed E-state index contributed by atoms with van der Waals surface area (Å²) in [6.45, 7) is 5.21. The van der Waals surface area contributed by atoms with Gasteiger partial charge in [-0.2, -0.15) is 0 Å². The molecule has 4 heteroatoms. The molecule has 1 saturated heterocycles. The number of hydrogen-bond acceptors (Lipinski definition) is 4. The van der Waals surface area contributed by atoms with E-state index in [0.717, 1.165) is 30.9 Å². The van der Waals surface area contributed by atoms with Gasteiger partial charge in [-0.1, -0.05) is 19.1 Å². The summed E-state index contributed by atoms with van der Waals surface area (Å²) in [6.07, 6.45) is 1.50. The van der Waals surface area contributed by atoms with E-state index in [-0.39, 0.29) is 6.04 Å². The van der Waals surface area contributed by atoms with Crippen LogP contribution in [0.15, 0.2) is 24.3 Å². The van der Waals surface area contributed by atoms with Crippen LogP contribution < -0.4 is 10.5 Å². The average Bonchev–Trinajstić information content (AvgIpc) is 2.49. The van der Waals surface area contributed by atoms with Gasteiger partial charge in [0.1, 0.15) is 5.75 Å². The maximum atomic E-state index is 6.32. The number of ether oxygens (including phenoxy) is 2. The Bertz CT molecular complexity index is 407. The minimum Gasteiger partial charge on any atom is -0.497 e. The zero-order valence-corrected chi connectivity index (χ0v) is 12.7. The molecule has 0 aliphatic carbocycles. The fourth-order valence-corrected chi connectivity index (χ4v) is 2.81. The van der Waals surface area contributed by atoms with Crippen molar-refractivity contribution in [1.82, 2.24) is 4.90 Å². The molecule has 1 fully saturated rings. The molecule has 2 N–H and O–H groups in total. The quantitative estimate of drug-likeness (QED) is 0.895. The molecular formula is C16H26N2O2. The maximum absolute atomic E-state index is 6.32. The zero-order valence-electron chi connectivity index (χ0n) is 12.7. The summed E-state index contributed by atoms with van der Waals surface area (Å²) in [6, 6.07) is 8.05. The van der Waals surface area contributed by atoms with Gasteiger partial charge in [0, 0.05) is 26.2 Å². The highest BCUT2D eigenvalue weighted by Crippen LogP contribution is 2.22. The van der Waals surface area contributed by atoms with Crippen molar-refractivity contribution in [3.05, 3.63) is 29.8 Å². The van der Waals surface area contributed by atoms with E-state index in [1.54, 1.807) is 14.2 Å². The number of benzene rings is 1. The molecule has 1 aromatic carbocycles. The SMILES string of the molecule is COc1ccc(C(N)CN2CCC(C)C(OC)C2)cc1. The lowest BCUT2D eigenvalue weighted by Crippen LogP contribution is -2.46. The number of methoxy groups -OCH3 is 2. The molecule has 0 bridgehead atoms. The minimum absolute atomic E-state index is 0.0341. The Kier molecular flexibility index (Phi) is 5.40. The molecule has 3 unspecified atom stereocenters. The minimum atomic E-state index is 0.0341. The summed E-state index contributed by atoms with van der Waals surface area (Å²) in [5.41, 5.74) is 7.47. The Balaban J connectivity index is 1.91. The van der Waals surface area contributed by atoms with E-state index >= 15 is 0 Å². The Morgan fingerprint density at radius 3 is 2.60 bits per heavy atom. The highest BCUT2D eigenvalue weighted by Gasteiger charge is 2.26. The van der Waals surface area contributed by atoms with Gasteiger partial charge >= 0.3 is 0 Å². The Morgan fingerprint density at radius 1 is 1.30 bits per heavy atom. The summed E-state index contributed by atoms with van der Waals surface area (Å²) < 4.78 is 10.7.